The predicted molar refractivity (Wildman–Crippen MR) is 93.0 cm³/mol. The van der Waals surface area contributed by atoms with Crippen LogP contribution in [-0.2, 0) is 28.5 Å². The molecule has 4 rings (SSSR count). The van der Waals surface area contributed by atoms with Gasteiger partial charge in [-0.2, -0.15) is 26.3 Å². The third-order valence-corrected chi connectivity index (χ3v) is 5.56. The first kappa shape index (κ1) is 23.1. The summed E-state index contributed by atoms with van der Waals surface area (Å²) < 4.78 is 102. The lowest BCUT2D eigenvalue weighted by Crippen LogP contribution is -2.60. The van der Waals surface area contributed by atoms with Gasteiger partial charge in [-0.1, -0.05) is 0 Å². The van der Waals surface area contributed by atoms with Crippen LogP contribution < -0.4 is 0 Å². The molecule has 6 nitrogen and oxygen atoms in total. The Morgan fingerprint density at radius 2 is 1.06 bits per heavy atom. The van der Waals surface area contributed by atoms with E-state index in [4.69, 9.17) is 18.9 Å². The zero-order valence-electron chi connectivity index (χ0n) is 16.8. The first-order valence-corrected chi connectivity index (χ1v) is 9.74. The van der Waals surface area contributed by atoms with Crippen LogP contribution in [0, 0.1) is 0 Å². The number of ketones is 2. The molecular weight excluding hydrogens is 450 g/mol. The molecule has 0 aromatic heterocycles. The van der Waals surface area contributed by atoms with E-state index in [1.54, 1.807) is 0 Å². The summed E-state index contributed by atoms with van der Waals surface area (Å²) in [6.45, 7) is 2.64. The van der Waals surface area contributed by atoms with Crippen molar-refractivity contribution in [3.63, 3.8) is 0 Å². The van der Waals surface area contributed by atoms with Gasteiger partial charge in [-0.3, -0.25) is 9.59 Å². The quantitative estimate of drug-likeness (QED) is 0.508. The van der Waals surface area contributed by atoms with Crippen molar-refractivity contribution in [1.82, 2.24) is 0 Å². The molecule has 32 heavy (non-hydrogen) atoms. The molecule has 2 spiro atoms. The molecule has 0 radical (unpaired) electrons. The van der Waals surface area contributed by atoms with Gasteiger partial charge in [0.15, 0.2) is 23.8 Å². The van der Waals surface area contributed by atoms with Crippen LogP contribution in [0.15, 0.2) is 35.5 Å². The van der Waals surface area contributed by atoms with Crippen molar-refractivity contribution in [3.8, 4) is 0 Å². The summed E-state index contributed by atoms with van der Waals surface area (Å²) >= 11 is 0. The lowest BCUT2D eigenvalue weighted by Gasteiger charge is -2.49. The number of halogens is 6. The Labute approximate surface area is 177 Å². The predicted octanol–water partition coefficient (Wildman–Crippen LogP) is 3.47. The van der Waals surface area contributed by atoms with Gasteiger partial charge in [0.1, 0.15) is 0 Å². The standard InChI is InChI=1S/C20H18F6O6/c1-9-7-13(19(21,22)23)31-17(29-9)5-3-12(28)16-15(17)11(27)4-6-18(16)30-10(2)8-14(32-18)20(24,25)26/h3-6,9-10,13-14H,7-8H2,1-2H3/t9-,10-,13-,14-,17-,18-/m1/s1. The van der Waals surface area contributed by atoms with Crippen molar-refractivity contribution in [2.45, 2.75) is 75.0 Å². The van der Waals surface area contributed by atoms with Crippen LogP contribution in [0.5, 0.6) is 0 Å². The number of allylic oxidation sites excluding steroid dienone is 2. The smallest absolute Gasteiger partial charge is 0.339 e. The highest BCUT2D eigenvalue weighted by Crippen LogP contribution is 2.50. The van der Waals surface area contributed by atoms with Crippen LogP contribution >= 0.6 is 0 Å². The molecule has 0 aromatic rings. The molecule has 2 fully saturated rings. The van der Waals surface area contributed by atoms with E-state index in [-0.39, 0.29) is 0 Å². The molecule has 0 bridgehead atoms. The molecule has 0 aromatic carbocycles. The van der Waals surface area contributed by atoms with E-state index in [0.29, 0.717) is 0 Å². The highest BCUT2D eigenvalue weighted by molar-refractivity contribution is 6.19. The Morgan fingerprint density at radius 3 is 1.38 bits per heavy atom. The lowest BCUT2D eigenvalue weighted by atomic mass is 9.78. The van der Waals surface area contributed by atoms with Crippen molar-refractivity contribution >= 4 is 11.6 Å². The zero-order valence-corrected chi connectivity index (χ0v) is 16.8. The van der Waals surface area contributed by atoms with E-state index in [1.165, 1.54) is 13.8 Å². The van der Waals surface area contributed by atoms with Crippen molar-refractivity contribution in [3.05, 3.63) is 35.5 Å². The van der Waals surface area contributed by atoms with Crippen molar-refractivity contribution in [1.29, 1.82) is 0 Å². The maximum absolute atomic E-state index is 13.5. The summed E-state index contributed by atoms with van der Waals surface area (Å²) in [7, 11) is 0. The zero-order chi connectivity index (χ0) is 23.7. The highest BCUT2D eigenvalue weighted by Gasteiger charge is 2.61. The number of hydrogen-bond acceptors (Lipinski definition) is 6. The van der Waals surface area contributed by atoms with Gasteiger partial charge < -0.3 is 18.9 Å². The van der Waals surface area contributed by atoms with Crippen LogP contribution in [0.3, 0.4) is 0 Å². The monoisotopic (exact) mass is 468 g/mol. The molecule has 2 heterocycles. The number of carbonyl (C=O) groups is 2. The Kier molecular flexibility index (Phi) is 5.24. The van der Waals surface area contributed by atoms with Gasteiger partial charge in [0, 0.05) is 12.8 Å². The molecule has 0 saturated carbocycles. The van der Waals surface area contributed by atoms with Gasteiger partial charge in [-0.25, -0.2) is 0 Å². The molecule has 176 valence electrons. The number of hydrogen-bond donors (Lipinski definition) is 0. The third-order valence-electron chi connectivity index (χ3n) is 5.56. The van der Waals surface area contributed by atoms with Gasteiger partial charge in [-0.05, 0) is 38.2 Å². The van der Waals surface area contributed by atoms with E-state index in [0.717, 1.165) is 24.3 Å². The minimum atomic E-state index is -4.82. The summed E-state index contributed by atoms with van der Waals surface area (Å²) in [5, 5.41) is 0. The largest absolute Gasteiger partial charge is 0.414 e. The van der Waals surface area contributed by atoms with E-state index in [9.17, 15) is 35.9 Å². The van der Waals surface area contributed by atoms with E-state index >= 15 is 0 Å². The molecule has 2 aliphatic carbocycles. The molecule has 4 aliphatic rings. The lowest BCUT2D eigenvalue weighted by molar-refractivity contribution is -0.342. The van der Waals surface area contributed by atoms with Gasteiger partial charge in [0.25, 0.3) is 0 Å². The highest BCUT2D eigenvalue weighted by atomic mass is 19.4. The average Bonchev–Trinajstić information content (AvgIpc) is 2.65. The molecule has 0 amide bonds. The Bertz CT molecular complexity index is 860. The molecule has 6 atom stereocenters. The summed E-state index contributed by atoms with van der Waals surface area (Å²) in [5.74, 6) is -6.83. The molecule has 12 heteroatoms. The Morgan fingerprint density at radius 1 is 0.719 bits per heavy atom. The van der Waals surface area contributed by atoms with Gasteiger partial charge in [-0.15, -0.1) is 0 Å². The van der Waals surface area contributed by atoms with Crippen molar-refractivity contribution in [2.75, 3.05) is 0 Å². The maximum atomic E-state index is 13.5. The molecule has 0 unspecified atom stereocenters. The molecule has 2 saturated heterocycles. The van der Waals surface area contributed by atoms with Crippen molar-refractivity contribution < 1.29 is 54.9 Å². The minimum absolute atomic E-state index is 0.578. The fourth-order valence-electron chi connectivity index (χ4n) is 4.31. The average molecular weight is 468 g/mol. The molecular formula is C20H18F6O6. The van der Waals surface area contributed by atoms with E-state index < -0.39 is 83.9 Å². The van der Waals surface area contributed by atoms with Crippen LogP contribution in [0.2, 0.25) is 0 Å². The summed E-state index contributed by atoms with van der Waals surface area (Å²) in [6, 6.07) is 0. The minimum Gasteiger partial charge on any atom is -0.339 e. The van der Waals surface area contributed by atoms with Gasteiger partial charge in [0.2, 0.25) is 11.6 Å². The number of rotatable bonds is 0. The number of alkyl halides is 6. The topological polar surface area (TPSA) is 71.1 Å². The van der Waals surface area contributed by atoms with Crippen molar-refractivity contribution in [2.24, 2.45) is 0 Å². The van der Waals surface area contributed by atoms with Crippen LogP contribution in [0.4, 0.5) is 26.3 Å². The fraction of sp³-hybridized carbons (Fsp3) is 0.600. The van der Waals surface area contributed by atoms with Crippen LogP contribution in [0.25, 0.3) is 0 Å². The normalized spacial score (nSPS) is 40.4. The first-order valence-electron chi connectivity index (χ1n) is 9.74. The van der Waals surface area contributed by atoms with Crippen LogP contribution in [0.1, 0.15) is 26.7 Å². The number of ether oxygens (including phenoxy) is 4. The summed E-state index contributed by atoms with van der Waals surface area (Å²) in [4.78, 5) is 25.6. The second-order valence-corrected chi connectivity index (χ2v) is 8.10. The summed E-state index contributed by atoms with van der Waals surface area (Å²) in [5.41, 5.74) is -1.38. The second kappa shape index (κ2) is 7.24. The van der Waals surface area contributed by atoms with E-state index in [1.807, 2.05) is 0 Å². The Hall–Kier alpha value is -2.02. The SMILES string of the molecule is C[C@@H]1C[C@H](C(F)(F)F)O[C@@]2(C=CC(=O)C3=C2C(=O)C=C[C@]32O[C@H](C)C[C@H](C(F)(F)F)O2)O1. The van der Waals surface area contributed by atoms with Gasteiger partial charge >= 0.3 is 12.4 Å². The molecule has 2 aliphatic heterocycles. The van der Waals surface area contributed by atoms with Crippen LogP contribution in [-0.4, -0.2) is 59.9 Å². The fourth-order valence-corrected chi connectivity index (χ4v) is 4.31. The van der Waals surface area contributed by atoms with E-state index in [2.05, 4.69) is 0 Å². The van der Waals surface area contributed by atoms with Gasteiger partial charge in [0.05, 0.1) is 23.4 Å². The Balaban J connectivity index is 1.87. The maximum Gasteiger partial charge on any atom is 0.414 e. The third kappa shape index (κ3) is 3.72. The summed E-state index contributed by atoms with van der Waals surface area (Å²) in [6.07, 6.45) is -14.3. The number of fused-ring (bicyclic) bond motifs is 2. The number of carbonyl (C=O) groups excluding carboxylic acids is 2. The molecule has 0 N–H and O–H groups in total. The first-order chi connectivity index (χ1) is 14.7. The second-order valence-electron chi connectivity index (χ2n) is 8.10.